The zero-order chi connectivity index (χ0) is 25.1. The number of nitrogens with zero attached hydrogens (tertiary/aromatic N) is 2. The minimum Gasteiger partial charge on any atom is -0.476 e. The fraction of sp³-hybridized carbons (Fsp3) is 0.286. The van der Waals surface area contributed by atoms with Crippen molar-refractivity contribution in [3.63, 3.8) is 0 Å². The summed E-state index contributed by atoms with van der Waals surface area (Å²) in [4.78, 5) is 35.7. The van der Waals surface area contributed by atoms with Gasteiger partial charge < -0.3 is 9.47 Å². The molecule has 2 aromatic carbocycles. The number of ketones is 1. The molecule has 180 valence electrons. The number of hydrogen-bond donors (Lipinski definition) is 0. The number of Topliss-reactive ketones (excluding diaryl/α,β-unsaturated/α-hetero) is 1. The van der Waals surface area contributed by atoms with Gasteiger partial charge in [-0.1, -0.05) is 42.5 Å². The lowest BCUT2D eigenvalue weighted by Gasteiger charge is -2.25. The molecule has 0 bridgehead atoms. The predicted molar refractivity (Wildman–Crippen MR) is 138 cm³/mol. The second kappa shape index (κ2) is 9.96. The van der Waals surface area contributed by atoms with Crippen molar-refractivity contribution in [1.82, 2.24) is 4.98 Å². The topological polar surface area (TPSA) is 77.9 Å². The van der Waals surface area contributed by atoms with Crippen LogP contribution in [0.5, 0.6) is 5.75 Å². The van der Waals surface area contributed by atoms with E-state index in [9.17, 15) is 9.59 Å². The molecule has 0 saturated carbocycles. The van der Waals surface area contributed by atoms with Crippen molar-refractivity contribution in [3.05, 3.63) is 82.9 Å². The van der Waals surface area contributed by atoms with E-state index in [1.807, 2.05) is 61.5 Å². The van der Waals surface area contributed by atoms with Crippen LogP contribution in [-0.2, 0) is 16.0 Å². The molecule has 0 radical (unpaired) electrons. The molecule has 0 fully saturated rings. The van der Waals surface area contributed by atoms with Crippen molar-refractivity contribution in [2.24, 2.45) is 4.99 Å². The fourth-order valence-electron chi connectivity index (χ4n) is 3.88. The van der Waals surface area contributed by atoms with Gasteiger partial charge >= 0.3 is 5.97 Å². The minimum absolute atomic E-state index is 0.0662. The smallest absolute Gasteiger partial charge is 0.349 e. The Morgan fingerprint density at radius 3 is 2.40 bits per heavy atom. The van der Waals surface area contributed by atoms with Gasteiger partial charge in [-0.25, -0.2) is 9.78 Å². The second-order valence-electron chi connectivity index (χ2n) is 8.84. The first kappa shape index (κ1) is 24.5. The highest BCUT2D eigenvalue weighted by molar-refractivity contribution is 7.17. The van der Waals surface area contributed by atoms with E-state index >= 15 is 0 Å². The Balaban J connectivity index is 1.54. The average Bonchev–Trinajstić information content (AvgIpc) is 3.48. The normalized spacial score (nSPS) is 16.9. The average molecular weight is 489 g/mol. The molecule has 1 unspecified atom stereocenters. The highest BCUT2D eigenvalue weighted by Crippen LogP contribution is 2.35. The molecule has 1 aromatic heterocycles. The van der Waals surface area contributed by atoms with Gasteiger partial charge in [0.05, 0.1) is 17.2 Å². The molecule has 0 saturated heterocycles. The summed E-state index contributed by atoms with van der Waals surface area (Å²) in [6, 6.07) is 17.2. The molecule has 6 nitrogen and oxygen atoms in total. The van der Waals surface area contributed by atoms with Crippen LogP contribution >= 0.6 is 11.3 Å². The van der Waals surface area contributed by atoms with Gasteiger partial charge in [-0.2, -0.15) is 0 Å². The zero-order valence-electron chi connectivity index (χ0n) is 20.3. The number of carbonyl (C=O) groups is 2. The van der Waals surface area contributed by atoms with Gasteiger partial charge in [0.15, 0.2) is 5.60 Å². The summed E-state index contributed by atoms with van der Waals surface area (Å²) in [6.07, 6.45) is 5.74. The standard InChI is InChI=1S/C28H28N2O4S/c1-5-33-26(32)27(3,4)34-22-14-12-20(13-15-22)18-28(16-9-17-29-28)24(31)23-19(2)30-25(35-23)21-10-7-6-8-11-21/h6-17H,5,18H2,1-4H3. The molecule has 0 N–H and O–H groups in total. The molecule has 35 heavy (non-hydrogen) atoms. The van der Waals surface area contributed by atoms with Crippen molar-refractivity contribution in [1.29, 1.82) is 0 Å². The van der Waals surface area contributed by atoms with E-state index < -0.39 is 17.1 Å². The van der Waals surface area contributed by atoms with Crippen LogP contribution in [-0.4, -0.2) is 40.7 Å². The number of hydrogen-bond acceptors (Lipinski definition) is 7. The Kier molecular flexibility index (Phi) is 6.98. The highest BCUT2D eigenvalue weighted by Gasteiger charge is 2.39. The number of aliphatic imine (C=N–C) groups is 1. The lowest BCUT2D eigenvalue weighted by atomic mass is 9.86. The number of thiazole rings is 1. The number of benzene rings is 2. The number of allylic oxidation sites excluding steroid dienone is 1. The van der Waals surface area contributed by atoms with Crippen LogP contribution in [0.15, 0.2) is 71.7 Å². The fourth-order valence-corrected chi connectivity index (χ4v) is 4.97. The van der Waals surface area contributed by atoms with Crippen molar-refractivity contribution in [2.75, 3.05) is 6.61 Å². The van der Waals surface area contributed by atoms with Gasteiger partial charge in [-0.05, 0) is 57.5 Å². The Hall–Kier alpha value is -3.58. The van der Waals surface area contributed by atoms with Crippen molar-refractivity contribution < 1.29 is 19.1 Å². The lowest BCUT2D eigenvalue weighted by molar-refractivity contribution is -0.158. The van der Waals surface area contributed by atoms with E-state index in [0.717, 1.165) is 16.1 Å². The third-order valence-electron chi connectivity index (χ3n) is 5.72. The summed E-state index contributed by atoms with van der Waals surface area (Å²) >= 11 is 1.40. The van der Waals surface area contributed by atoms with Gasteiger partial charge in [0.25, 0.3) is 0 Å². The van der Waals surface area contributed by atoms with Crippen LogP contribution < -0.4 is 4.74 Å². The number of carbonyl (C=O) groups excluding carboxylic acids is 2. The maximum absolute atomic E-state index is 13.8. The minimum atomic E-state index is -1.10. The Labute approximate surface area is 209 Å². The maximum Gasteiger partial charge on any atom is 0.349 e. The Morgan fingerprint density at radius 2 is 1.77 bits per heavy atom. The van der Waals surface area contributed by atoms with Crippen LogP contribution in [0.4, 0.5) is 0 Å². The van der Waals surface area contributed by atoms with Crippen molar-refractivity contribution in [2.45, 2.75) is 45.3 Å². The number of aromatic nitrogens is 1. The Morgan fingerprint density at radius 1 is 1.06 bits per heavy atom. The monoisotopic (exact) mass is 488 g/mol. The van der Waals surface area contributed by atoms with E-state index in [2.05, 4.69) is 9.98 Å². The maximum atomic E-state index is 13.8. The number of rotatable bonds is 9. The summed E-state index contributed by atoms with van der Waals surface area (Å²) in [5.74, 6) is 0.0563. The van der Waals surface area contributed by atoms with E-state index in [1.54, 1.807) is 39.1 Å². The van der Waals surface area contributed by atoms with Crippen molar-refractivity contribution >= 4 is 29.3 Å². The summed E-state index contributed by atoms with van der Waals surface area (Å²) in [6.45, 7) is 7.26. The van der Waals surface area contributed by atoms with Gasteiger partial charge in [0.1, 0.15) is 16.3 Å². The summed E-state index contributed by atoms with van der Waals surface area (Å²) < 4.78 is 10.9. The molecule has 2 heterocycles. The Bertz CT molecular complexity index is 1260. The molecular formula is C28H28N2O4S. The number of aryl methyl sites for hydroxylation is 1. The molecule has 3 aromatic rings. The van der Waals surface area contributed by atoms with E-state index in [-0.39, 0.29) is 5.78 Å². The molecule has 0 spiro atoms. The molecular weight excluding hydrogens is 460 g/mol. The van der Waals surface area contributed by atoms with Gasteiger partial charge in [-0.3, -0.25) is 9.79 Å². The third-order valence-corrected chi connectivity index (χ3v) is 6.92. The lowest BCUT2D eigenvalue weighted by Crippen LogP contribution is -2.39. The SMILES string of the molecule is CCOC(=O)C(C)(C)Oc1ccc(CC2(C(=O)c3sc(-c4ccccc4)nc3C)C=CC=N2)cc1. The molecule has 4 rings (SSSR count). The quantitative estimate of drug-likeness (QED) is 0.288. The zero-order valence-corrected chi connectivity index (χ0v) is 21.1. The van der Waals surface area contributed by atoms with E-state index in [4.69, 9.17) is 9.47 Å². The molecule has 0 aliphatic carbocycles. The van der Waals surface area contributed by atoms with Gasteiger partial charge in [0.2, 0.25) is 5.78 Å². The van der Waals surface area contributed by atoms with Crippen molar-refractivity contribution in [3.8, 4) is 16.3 Å². The van der Waals surface area contributed by atoms with Crippen LogP contribution in [0.3, 0.4) is 0 Å². The summed E-state index contributed by atoms with van der Waals surface area (Å²) in [7, 11) is 0. The molecule has 0 amide bonds. The van der Waals surface area contributed by atoms with E-state index in [0.29, 0.717) is 29.3 Å². The van der Waals surface area contributed by atoms with Crippen LogP contribution in [0.2, 0.25) is 0 Å². The molecule has 1 atom stereocenters. The van der Waals surface area contributed by atoms with Crippen LogP contribution in [0.1, 0.15) is 41.7 Å². The van der Waals surface area contributed by atoms with E-state index in [1.165, 1.54) is 11.3 Å². The largest absolute Gasteiger partial charge is 0.476 e. The summed E-state index contributed by atoms with van der Waals surface area (Å²) in [5, 5.41) is 0.818. The molecule has 7 heteroatoms. The first-order valence-electron chi connectivity index (χ1n) is 11.5. The second-order valence-corrected chi connectivity index (χ2v) is 9.84. The first-order chi connectivity index (χ1) is 16.7. The third kappa shape index (κ3) is 5.25. The van der Waals surface area contributed by atoms with Crippen LogP contribution in [0.25, 0.3) is 10.6 Å². The number of esters is 1. The first-order valence-corrected chi connectivity index (χ1v) is 12.3. The highest BCUT2D eigenvalue weighted by atomic mass is 32.1. The molecule has 1 aliphatic heterocycles. The van der Waals surface area contributed by atoms with Crippen LogP contribution in [0, 0.1) is 6.92 Å². The predicted octanol–water partition coefficient (Wildman–Crippen LogP) is 5.64. The van der Waals surface area contributed by atoms with Gasteiger partial charge in [0, 0.05) is 18.2 Å². The number of ether oxygens (including phenoxy) is 2. The summed E-state index contributed by atoms with van der Waals surface area (Å²) in [5.41, 5.74) is 0.499. The molecule has 1 aliphatic rings. The van der Waals surface area contributed by atoms with Gasteiger partial charge in [-0.15, -0.1) is 11.3 Å².